The summed E-state index contributed by atoms with van der Waals surface area (Å²) in [7, 11) is 0. The molecule has 2 heterocycles. The molecule has 32 heavy (non-hydrogen) atoms. The highest BCUT2D eigenvalue weighted by molar-refractivity contribution is 8.13. The number of hydrogen-bond acceptors (Lipinski definition) is 6. The Morgan fingerprint density at radius 2 is 1.72 bits per heavy atom. The van der Waals surface area contributed by atoms with Gasteiger partial charge >= 0.3 is 0 Å². The summed E-state index contributed by atoms with van der Waals surface area (Å²) in [5, 5.41) is 11.2. The standard InChI is InChI=1S/C24H17ClN4O2S/c25-18-12-6-4-10-16(18)14-32-24-27-23(31)20-17-11-5-7-13-19(17)26-22(29(20)28-24)21(30)15-8-2-1-3-9-15/h1-13,22H,14H2,(H,27,28,31)/t22-/m1/s1. The molecule has 0 aliphatic carbocycles. The van der Waals surface area contributed by atoms with Gasteiger partial charge in [-0.25, -0.2) is 10.0 Å². The molecule has 0 fully saturated rings. The molecule has 0 unspecified atom stereocenters. The summed E-state index contributed by atoms with van der Waals surface area (Å²) >= 11 is 7.60. The Morgan fingerprint density at radius 1 is 1.00 bits per heavy atom. The van der Waals surface area contributed by atoms with E-state index < -0.39 is 6.17 Å². The Bertz CT molecular complexity index is 1370. The zero-order valence-corrected chi connectivity index (χ0v) is 18.3. The maximum atomic E-state index is 13.3. The number of ketones is 1. The van der Waals surface area contributed by atoms with Crippen molar-refractivity contribution in [1.29, 1.82) is 0 Å². The fraction of sp³-hybridized carbons (Fsp3) is 0.0833. The van der Waals surface area contributed by atoms with Gasteiger partial charge in [-0.05, 0) is 17.7 Å². The van der Waals surface area contributed by atoms with Crippen LogP contribution in [-0.2, 0) is 10.5 Å². The summed E-state index contributed by atoms with van der Waals surface area (Å²) in [5.74, 6) is -0.0335. The number of hydrazone groups is 1. The van der Waals surface area contributed by atoms with E-state index in [0.717, 1.165) is 5.56 Å². The fourth-order valence-electron chi connectivity index (χ4n) is 3.58. The number of nitrogens with one attached hydrogen (secondary N) is 1. The number of halogens is 1. The minimum absolute atomic E-state index is 0.230. The van der Waals surface area contributed by atoms with E-state index in [9.17, 15) is 9.59 Å². The number of carbonyl (C=O) groups excluding carboxylic acids is 2. The van der Waals surface area contributed by atoms with Crippen molar-refractivity contribution in [3.8, 4) is 0 Å². The molecule has 1 amide bonds. The van der Waals surface area contributed by atoms with E-state index in [1.165, 1.54) is 16.8 Å². The van der Waals surface area contributed by atoms with Crippen LogP contribution in [0.2, 0.25) is 5.02 Å². The van der Waals surface area contributed by atoms with Crippen LogP contribution in [0, 0.1) is 0 Å². The van der Waals surface area contributed by atoms with E-state index in [2.05, 4.69) is 15.4 Å². The zero-order valence-electron chi connectivity index (χ0n) is 16.7. The predicted molar refractivity (Wildman–Crippen MR) is 125 cm³/mol. The predicted octanol–water partition coefficient (Wildman–Crippen LogP) is 2.93. The average Bonchev–Trinajstić information content (AvgIpc) is 2.83. The highest BCUT2D eigenvalue weighted by Gasteiger charge is 2.37. The van der Waals surface area contributed by atoms with Gasteiger partial charge in [-0.15, -0.1) is 5.10 Å². The Kier molecular flexibility index (Phi) is 5.51. The molecule has 0 bridgehead atoms. The minimum atomic E-state index is -0.968. The molecule has 1 atom stereocenters. The first-order chi connectivity index (χ1) is 15.6. The molecule has 158 valence electrons. The van der Waals surface area contributed by atoms with Gasteiger partial charge in [0.1, 0.15) is 5.70 Å². The molecule has 6 nitrogen and oxygen atoms in total. The number of thioether (sulfide) groups is 1. The maximum Gasteiger partial charge on any atom is 0.276 e. The number of carbonyl (C=O) groups is 2. The molecule has 1 N–H and O–H groups in total. The zero-order chi connectivity index (χ0) is 22.1. The topological polar surface area (TPSA) is 74.1 Å². The summed E-state index contributed by atoms with van der Waals surface area (Å²) in [6.45, 7) is 0. The number of amidine groups is 1. The second kappa shape index (κ2) is 8.61. The number of fused-ring (bicyclic) bond motifs is 2. The number of benzene rings is 3. The third kappa shape index (κ3) is 3.81. The van der Waals surface area contributed by atoms with Crippen LogP contribution in [0.4, 0.5) is 0 Å². The van der Waals surface area contributed by atoms with E-state index in [4.69, 9.17) is 11.6 Å². The lowest BCUT2D eigenvalue weighted by Crippen LogP contribution is -2.54. The molecule has 0 spiro atoms. The summed E-state index contributed by atoms with van der Waals surface area (Å²) in [4.78, 5) is 31.1. The van der Waals surface area contributed by atoms with Crippen molar-refractivity contribution in [1.82, 2.24) is 10.3 Å². The van der Waals surface area contributed by atoms with E-state index in [1.807, 2.05) is 42.5 Å². The lowest BCUT2D eigenvalue weighted by Gasteiger charge is -2.33. The Hall–Kier alpha value is -3.42. The molecule has 0 radical (unpaired) electrons. The molecule has 2 aliphatic rings. The molecule has 5 rings (SSSR count). The van der Waals surface area contributed by atoms with E-state index in [-0.39, 0.29) is 11.7 Å². The van der Waals surface area contributed by atoms with Crippen molar-refractivity contribution in [3.05, 3.63) is 106 Å². The lowest BCUT2D eigenvalue weighted by molar-refractivity contribution is -0.115. The maximum absolute atomic E-state index is 13.3. The summed E-state index contributed by atoms with van der Waals surface area (Å²) in [5.41, 5.74) is 1.75. The minimum Gasteiger partial charge on any atom is -0.298 e. The fourth-order valence-corrected chi connectivity index (χ4v) is 4.71. The van der Waals surface area contributed by atoms with Crippen LogP contribution in [0.1, 0.15) is 15.9 Å². The van der Waals surface area contributed by atoms with E-state index >= 15 is 0 Å². The van der Waals surface area contributed by atoms with Crippen molar-refractivity contribution in [2.75, 3.05) is 0 Å². The third-order valence-electron chi connectivity index (χ3n) is 5.13. The average molecular weight is 461 g/mol. The molecule has 0 saturated heterocycles. The quantitative estimate of drug-likeness (QED) is 0.607. The van der Waals surface area contributed by atoms with Crippen LogP contribution in [-0.4, -0.2) is 28.0 Å². The van der Waals surface area contributed by atoms with Crippen LogP contribution in [0.3, 0.4) is 0 Å². The second-order valence-electron chi connectivity index (χ2n) is 7.18. The normalized spacial score (nSPS) is 17.0. The van der Waals surface area contributed by atoms with Crippen molar-refractivity contribution in [2.45, 2.75) is 11.9 Å². The number of para-hydroxylation sites is 1. The van der Waals surface area contributed by atoms with Crippen LogP contribution in [0.5, 0.6) is 0 Å². The van der Waals surface area contributed by atoms with Gasteiger partial charge in [-0.2, -0.15) is 0 Å². The Balaban J connectivity index is 1.55. The first kappa shape index (κ1) is 20.5. The van der Waals surface area contributed by atoms with Crippen LogP contribution in [0.25, 0.3) is 5.70 Å². The molecule has 0 saturated carbocycles. The number of rotatable bonds is 4. The first-order valence-corrected chi connectivity index (χ1v) is 11.3. The van der Waals surface area contributed by atoms with Crippen molar-refractivity contribution >= 4 is 45.9 Å². The lowest BCUT2D eigenvalue weighted by atomic mass is 10.1. The van der Waals surface area contributed by atoms with Crippen LogP contribution >= 0.6 is 23.4 Å². The van der Waals surface area contributed by atoms with Gasteiger partial charge in [0.25, 0.3) is 5.91 Å². The second-order valence-corrected chi connectivity index (χ2v) is 8.55. The van der Waals surface area contributed by atoms with Gasteiger partial charge < -0.3 is 0 Å². The van der Waals surface area contributed by atoms with Gasteiger partial charge in [0, 0.05) is 21.6 Å². The van der Waals surface area contributed by atoms with Crippen molar-refractivity contribution < 1.29 is 9.59 Å². The van der Waals surface area contributed by atoms with Crippen molar-refractivity contribution in [3.63, 3.8) is 0 Å². The van der Waals surface area contributed by atoms with E-state index in [0.29, 0.717) is 37.8 Å². The molecular weight excluding hydrogens is 444 g/mol. The van der Waals surface area contributed by atoms with E-state index in [1.54, 1.807) is 36.4 Å². The smallest absolute Gasteiger partial charge is 0.276 e. The van der Waals surface area contributed by atoms with Gasteiger partial charge in [0.15, 0.2) is 5.17 Å². The van der Waals surface area contributed by atoms with Gasteiger partial charge in [-0.3, -0.25) is 14.9 Å². The molecular formula is C24H17ClN4O2S. The SMILES string of the molecule is O=C1NC(SCc2ccccc2Cl)=NN2C1=c1ccccc1=N[C@H]2C(=O)c1ccccc1. The molecule has 0 aromatic heterocycles. The summed E-state index contributed by atoms with van der Waals surface area (Å²) < 4.78 is 0. The third-order valence-corrected chi connectivity index (χ3v) is 6.41. The number of Topliss-reactive ketones (excluding diaryl/α,β-unsaturated/α-hetero) is 1. The van der Waals surface area contributed by atoms with Gasteiger partial charge in [0.2, 0.25) is 11.9 Å². The van der Waals surface area contributed by atoms with Gasteiger partial charge in [0.05, 0.1) is 5.36 Å². The first-order valence-electron chi connectivity index (χ1n) is 9.93. The highest BCUT2D eigenvalue weighted by atomic mass is 35.5. The summed E-state index contributed by atoms with van der Waals surface area (Å²) in [6.07, 6.45) is -0.968. The highest BCUT2D eigenvalue weighted by Crippen LogP contribution is 2.26. The molecule has 3 aromatic carbocycles. The number of amides is 1. The number of hydrogen-bond donors (Lipinski definition) is 1. The Morgan fingerprint density at radius 3 is 2.53 bits per heavy atom. The number of nitrogens with zero attached hydrogens (tertiary/aromatic N) is 3. The molecule has 2 aliphatic heterocycles. The van der Waals surface area contributed by atoms with Crippen LogP contribution in [0.15, 0.2) is 89.0 Å². The Labute approximate surface area is 193 Å². The summed E-state index contributed by atoms with van der Waals surface area (Å²) in [6, 6.07) is 23.7. The largest absolute Gasteiger partial charge is 0.298 e. The monoisotopic (exact) mass is 460 g/mol. The van der Waals surface area contributed by atoms with Gasteiger partial charge in [-0.1, -0.05) is 90.1 Å². The van der Waals surface area contributed by atoms with Crippen molar-refractivity contribution in [2.24, 2.45) is 10.1 Å². The molecule has 3 aromatic rings. The molecule has 8 heteroatoms. The van der Waals surface area contributed by atoms with Crippen LogP contribution < -0.4 is 15.9 Å².